The first kappa shape index (κ1) is 11.3. The van der Waals surface area contributed by atoms with E-state index in [-0.39, 0.29) is 15.8 Å². The predicted molar refractivity (Wildman–Crippen MR) is 61.2 cm³/mol. The summed E-state index contributed by atoms with van der Waals surface area (Å²) < 4.78 is 25.0. The molecule has 0 aliphatic rings. The summed E-state index contributed by atoms with van der Waals surface area (Å²) in [6.45, 7) is 1.57. The molecule has 16 heavy (non-hydrogen) atoms. The topological polar surface area (TPSA) is 64.8 Å². The van der Waals surface area contributed by atoms with Crippen molar-refractivity contribution >= 4 is 32.5 Å². The fourth-order valence-electron chi connectivity index (χ4n) is 1.41. The molecule has 0 saturated carbocycles. The Kier molecular flexibility index (Phi) is 2.63. The molecule has 7 heteroatoms. The summed E-state index contributed by atoms with van der Waals surface area (Å²) in [5, 5.41) is 4.65. The molecule has 2 aromatic heterocycles. The number of sulfone groups is 1. The van der Waals surface area contributed by atoms with Gasteiger partial charge in [-0.2, -0.15) is 5.10 Å². The Bertz CT molecular complexity index is 648. The summed E-state index contributed by atoms with van der Waals surface area (Å²) in [7, 11) is -1.62. The molecule has 2 rings (SSSR count). The van der Waals surface area contributed by atoms with Gasteiger partial charge in [-0.15, -0.1) is 0 Å². The number of halogens is 1. The molecule has 0 aromatic carbocycles. The first-order valence-electron chi connectivity index (χ1n) is 4.66. The minimum atomic E-state index is -3.34. The quantitative estimate of drug-likeness (QED) is 0.765. The summed E-state index contributed by atoms with van der Waals surface area (Å²) in [5.74, 6) is 0.000167. The molecule has 0 aliphatic carbocycles. The highest BCUT2D eigenvalue weighted by Gasteiger charge is 2.18. The van der Waals surface area contributed by atoms with E-state index < -0.39 is 9.84 Å². The maximum atomic E-state index is 11.7. The van der Waals surface area contributed by atoms with E-state index in [9.17, 15) is 8.42 Å². The van der Waals surface area contributed by atoms with Crippen LogP contribution in [0.15, 0.2) is 17.2 Å². The number of aromatic nitrogens is 3. The summed E-state index contributed by atoms with van der Waals surface area (Å²) in [4.78, 5) is 4.10. The average molecular weight is 260 g/mol. The van der Waals surface area contributed by atoms with E-state index in [1.165, 1.54) is 6.07 Å². The van der Waals surface area contributed by atoms with E-state index in [2.05, 4.69) is 10.1 Å². The Labute approximate surface area is 98.0 Å². The molecule has 0 bridgehead atoms. The predicted octanol–water partition coefficient (Wildman–Crippen LogP) is 1.42. The zero-order valence-electron chi connectivity index (χ0n) is 8.81. The molecule has 5 nitrogen and oxygen atoms in total. The number of hydrogen-bond acceptors (Lipinski definition) is 4. The summed E-state index contributed by atoms with van der Waals surface area (Å²) >= 11 is 5.86. The van der Waals surface area contributed by atoms with Gasteiger partial charge >= 0.3 is 0 Å². The fourth-order valence-corrected chi connectivity index (χ4v) is 2.82. The SMILES string of the molecule is CCS(=O)(=O)c1cc2cnn(C)c2nc1Cl. The molecule has 0 fully saturated rings. The summed E-state index contributed by atoms with van der Waals surface area (Å²) in [6.07, 6.45) is 1.56. The highest BCUT2D eigenvalue weighted by molar-refractivity contribution is 7.91. The number of rotatable bonds is 2. The maximum absolute atomic E-state index is 11.7. The molecule has 0 radical (unpaired) electrons. The number of pyridine rings is 1. The van der Waals surface area contributed by atoms with Crippen molar-refractivity contribution < 1.29 is 8.42 Å². The van der Waals surface area contributed by atoms with Crippen LogP contribution >= 0.6 is 11.6 Å². The molecule has 0 spiro atoms. The van der Waals surface area contributed by atoms with E-state index in [0.717, 1.165) is 0 Å². The molecule has 0 aliphatic heterocycles. The number of nitrogens with zero attached hydrogens (tertiary/aromatic N) is 3. The van der Waals surface area contributed by atoms with Crippen LogP contribution in [-0.4, -0.2) is 28.9 Å². The van der Waals surface area contributed by atoms with E-state index in [4.69, 9.17) is 11.6 Å². The van der Waals surface area contributed by atoms with Crippen molar-refractivity contribution in [3.05, 3.63) is 17.4 Å². The Morgan fingerprint density at radius 1 is 1.50 bits per heavy atom. The van der Waals surface area contributed by atoms with Gasteiger partial charge in [0.2, 0.25) is 0 Å². The van der Waals surface area contributed by atoms with Crippen LogP contribution in [-0.2, 0) is 16.9 Å². The number of fused-ring (bicyclic) bond motifs is 1. The van der Waals surface area contributed by atoms with Gasteiger partial charge in [0.05, 0.1) is 11.9 Å². The van der Waals surface area contributed by atoms with Crippen molar-refractivity contribution in [1.29, 1.82) is 0 Å². The van der Waals surface area contributed by atoms with Crippen molar-refractivity contribution in [2.75, 3.05) is 5.75 Å². The standard InChI is InChI=1S/C9H10ClN3O2S/c1-3-16(14,15)7-4-6-5-11-13(2)9(6)12-8(7)10/h4-5H,3H2,1-2H3. The molecular weight excluding hydrogens is 250 g/mol. The van der Waals surface area contributed by atoms with Crippen LogP contribution in [0, 0.1) is 0 Å². The lowest BCUT2D eigenvalue weighted by molar-refractivity contribution is 0.597. The third-order valence-electron chi connectivity index (χ3n) is 2.34. The molecule has 0 unspecified atom stereocenters. The van der Waals surface area contributed by atoms with Gasteiger partial charge in [-0.05, 0) is 6.07 Å². The molecule has 2 aromatic rings. The van der Waals surface area contributed by atoms with Crippen LogP contribution in [0.5, 0.6) is 0 Å². The molecule has 86 valence electrons. The Hall–Kier alpha value is -1.14. The normalized spacial score (nSPS) is 12.2. The second kappa shape index (κ2) is 3.71. The number of aryl methyl sites for hydroxylation is 1. The zero-order chi connectivity index (χ0) is 11.9. The third kappa shape index (κ3) is 1.68. The van der Waals surface area contributed by atoms with Crippen molar-refractivity contribution in [2.24, 2.45) is 7.05 Å². The van der Waals surface area contributed by atoms with Gasteiger partial charge in [0.15, 0.2) is 15.5 Å². The van der Waals surface area contributed by atoms with Gasteiger partial charge in [-0.1, -0.05) is 18.5 Å². The second-order valence-electron chi connectivity index (χ2n) is 3.36. The van der Waals surface area contributed by atoms with Crippen molar-refractivity contribution in [1.82, 2.24) is 14.8 Å². The average Bonchev–Trinajstić information content (AvgIpc) is 2.59. The van der Waals surface area contributed by atoms with E-state index in [0.29, 0.717) is 11.0 Å². The largest absolute Gasteiger partial charge is 0.250 e. The van der Waals surface area contributed by atoms with E-state index in [1.54, 1.807) is 24.9 Å². The van der Waals surface area contributed by atoms with Crippen LogP contribution in [0.25, 0.3) is 11.0 Å². The van der Waals surface area contributed by atoms with Gasteiger partial charge in [-0.25, -0.2) is 13.4 Å². The summed E-state index contributed by atoms with van der Waals surface area (Å²) in [6, 6.07) is 1.51. The van der Waals surface area contributed by atoms with E-state index in [1.807, 2.05) is 0 Å². The van der Waals surface area contributed by atoms with Crippen LogP contribution in [0.3, 0.4) is 0 Å². The Morgan fingerprint density at radius 2 is 2.19 bits per heavy atom. The minimum Gasteiger partial charge on any atom is -0.250 e. The number of hydrogen-bond donors (Lipinski definition) is 0. The molecule has 0 atom stereocenters. The summed E-state index contributed by atoms with van der Waals surface area (Å²) in [5.41, 5.74) is 0.569. The van der Waals surface area contributed by atoms with Crippen molar-refractivity contribution in [3.63, 3.8) is 0 Å². The fraction of sp³-hybridized carbons (Fsp3) is 0.333. The van der Waals surface area contributed by atoms with E-state index >= 15 is 0 Å². The monoisotopic (exact) mass is 259 g/mol. The van der Waals surface area contributed by atoms with Gasteiger partial charge in [0.1, 0.15) is 10.0 Å². The highest BCUT2D eigenvalue weighted by atomic mass is 35.5. The lowest BCUT2D eigenvalue weighted by Crippen LogP contribution is -2.05. The van der Waals surface area contributed by atoms with Gasteiger partial charge < -0.3 is 0 Å². The minimum absolute atomic E-state index is 0.000167. The molecule has 0 N–H and O–H groups in total. The van der Waals surface area contributed by atoms with Gasteiger partial charge in [-0.3, -0.25) is 4.68 Å². The van der Waals surface area contributed by atoms with Crippen LogP contribution < -0.4 is 0 Å². The van der Waals surface area contributed by atoms with Crippen molar-refractivity contribution in [3.8, 4) is 0 Å². The smallest absolute Gasteiger partial charge is 0.181 e. The lowest BCUT2D eigenvalue weighted by Gasteiger charge is -2.03. The first-order chi connectivity index (χ1) is 7.45. The lowest BCUT2D eigenvalue weighted by atomic mass is 10.4. The first-order valence-corrected chi connectivity index (χ1v) is 6.69. The molecular formula is C9H10ClN3O2S. The maximum Gasteiger partial charge on any atom is 0.181 e. The molecule has 0 amide bonds. The van der Waals surface area contributed by atoms with Crippen molar-refractivity contribution in [2.45, 2.75) is 11.8 Å². The van der Waals surface area contributed by atoms with Crippen LogP contribution in [0.4, 0.5) is 0 Å². The Balaban J connectivity index is 2.78. The van der Waals surface area contributed by atoms with Gasteiger partial charge in [0.25, 0.3) is 0 Å². The van der Waals surface area contributed by atoms with Crippen LogP contribution in [0.1, 0.15) is 6.92 Å². The van der Waals surface area contributed by atoms with Gasteiger partial charge in [0, 0.05) is 12.4 Å². The third-order valence-corrected chi connectivity index (χ3v) is 4.49. The molecule has 2 heterocycles. The highest BCUT2D eigenvalue weighted by Crippen LogP contribution is 2.24. The molecule has 0 saturated heterocycles. The second-order valence-corrected chi connectivity index (χ2v) is 5.97. The Morgan fingerprint density at radius 3 is 2.81 bits per heavy atom. The van der Waals surface area contributed by atoms with Crippen LogP contribution in [0.2, 0.25) is 5.15 Å². The zero-order valence-corrected chi connectivity index (χ0v) is 10.4.